The second-order valence-corrected chi connectivity index (χ2v) is 7.06. The van der Waals surface area contributed by atoms with Gasteiger partial charge in [-0.3, -0.25) is 9.59 Å². The number of nitrogens with one attached hydrogen (secondary N) is 2. The highest BCUT2D eigenvalue weighted by Gasteiger charge is 2.12. The Kier molecular flexibility index (Phi) is 5.49. The Morgan fingerprint density at radius 2 is 1.76 bits per heavy atom. The van der Waals surface area contributed by atoms with Gasteiger partial charge in [0.25, 0.3) is 5.91 Å². The van der Waals surface area contributed by atoms with Crippen molar-refractivity contribution in [2.45, 2.75) is 0 Å². The average molecular weight is 403 g/mol. The summed E-state index contributed by atoms with van der Waals surface area (Å²) >= 11 is 1.51. The molecular weight excluding hydrogens is 386 g/mol. The number of hydrogen-bond donors (Lipinski definition) is 2. The van der Waals surface area contributed by atoms with Gasteiger partial charge in [0.15, 0.2) is 5.75 Å². The number of rotatable bonds is 6. The van der Waals surface area contributed by atoms with E-state index in [1.54, 1.807) is 35.8 Å². The molecule has 0 saturated carbocycles. The smallest absolute Gasteiger partial charge is 0.251 e. The normalized spacial score (nSPS) is 10.5. The zero-order valence-electron chi connectivity index (χ0n) is 15.3. The number of anilines is 1. The molecule has 2 amide bonds. The van der Waals surface area contributed by atoms with Crippen LogP contribution in [0.3, 0.4) is 0 Å². The van der Waals surface area contributed by atoms with Crippen molar-refractivity contribution in [3.05, 3.63) is 83.9 Å². The van der Waals surface area contributed by atoms with E-state index >= 15 is 0 Å². The highest BCUT2D eigenvalue weighted by Crippen LogP contribution is 2.29. The Labute approximate surface area is 171 Å². The van der Waals surface area contributed by atoms with E-state index in [-0.39, 0.29) is 18.4 Å². The number of hydrogen-bond acceptors (Lipinski definition) is 5. The van der Waals surface area contributed by atoms with Gasteiger partial charge in [0.1, 0.15) is 5.75 Å². The Morgan fingerprint density at radius 1 is 0.966 bits per heavy atom. The first-order chi connectivity index (χ1) is 14.2. The molecule has 0 fully saturated rings. The number of aromatic nitrogens is 1. The molecule has 0 aliphatic heterocycles. The van der Waals surface area contributed by atoms with Crippen LogP contribution in [0.15, 0.2) is 78.3 Å². The van der Waals surface area contributed by atoms with E-state index in [1.165, 1.54) is 11.3 Å². The summed E-state index contributed by atoms with van der Waals surface area (Å²) in [5, 5.41) is 5.40. The van der Waals surface area contributed by atoms with Gasteiger partial charge in [-0.15, -0.1) is 11.3 Å². The van der Waals surface area contributed by atoms with E-state index in [4.69, 9.17) is 4.74 Å². The second kappa shape index (κ2) is 8.53. The summed E-state index contributed by atoms with van der Waals surface area (Å²) in [6, 6.07) is 21.7. The highest BCUT2D eigenvalue weighted by atomic mass is 32.1. The monoisotopic (exact) mass is 403 g/mol. The molecule has 7 heteroatoms. The molecule has 6 nitrogen and oxygen atoms in total. The van der Waals surface area contributed by atoms with Crippen molar-refractivity contribution in [1.82, 2.24) is 10.3 Å². The molecule has 1 aromatic heterocycles. The van der Waals surface area contributed by atoms with E-state index in [0.717, 1.165) is 10.2 Å². The fraction of sp³-hybridized carbons (Fsp3) is 0.0455. The van der Waals surface area contributed by atoms with Crippen molar-refractivity contribution >= 4 is 39.1 Å². The summed E-state index contributed by atoms with van der Waals surface area (Å²) in [7, 11) is 0. The minimum atomic E-state index is -0.350. The third-order valence-corrected chi connectivity index (χ3v) is 4.94. The average Bonchev–Trinajstić information content (AvgIpc) is 3.22. The molecule has 0 aliphatic carbocycles. The first-order valence-corrected chi connectivity index (χ1v) is 9.80. The molecule has 0 aliphatic rings. The topological polar surface area (TPSA) is 80.3 Å². The zero-order valence-corrected chi connectivity index (χ0v) is 16.1. The molecule has 0 atom stereocenters. The lowest BCUT2D eigenvalue weighted by atomic mass is 10.2. The second-order valence-electron chi connectivity index (χ2n) is 6.18. The SMILES string of the molecule is O=C(CNC(=O)c1ccc2scnc2c1)Nc1ccccc1Oc1ccccc1. The van der Waals surface area contributed by atoms with Crippen molar-refractivity contribution in [2.24, 2.45) is 0 Å². The molecular formula is C22H17N3O3S. The van der Waals surface area contributed by atoms with Gasteiger partial charge in [-0.2, -0.15) is 0 Å². The van der Waals surface area contributed by atoms with E-state index in [2.05, 4.69) is 15.6 Å². The van der Waals surface area contributed by atoms with Gasteiger partial charge in [-0.25, -0.2) is 4.98 Å². The Morgan fingerprint density at radius 3 is 2.62 bits per heavy atom. The molecule has 0 unspecified atom stereocenters. The van der Waals surface area contributed by atoms with Crippen molar-refractivity contribution in [3.8, 4) is 11.5 Å². The maximum atomic E-state index is 12.3. The summed E-state index contributed by atoms with van der Waals surface area (Å²) in [6.45, 7) is -0.159. The van der Waals surface area contributed by atoms with Crippen molar-refractivity contribution < 1.29 is 14.3 Å². The van der Waals surface area contributed by atoms with E-state index in [1.807, 2.05) is 42.5 Å². The maximum absolute atomic E-state index is 12.3. The first-order valence-electron chi connectivity index (χ1n) is 8.92. The van der Waals surface area contributed by atoms with E-state index in [9.17, 15) is 9.59 Å². The number of ether oxygens (including phenoxy) is 1. The largest absolute Gasteiger partial charge is 0.455 e. The molecule has 3 aromatic carbocycles. The number of benzene rings is 3. The van der Waals surface area contributed by atoms with Crippen LogP contribution in [0.5, 0.6) is 11.5 Å². The van der Waals surface area contributed by atoms with Gasteiger partial charge in [0.05, 0.1) is 28.0 Å². The highest BCUT2D eigenvalue weighted by molar-refractivity contribution is 7.16. The summed E-state index contributed by atoms with van der Waals surface area (Å²) in [5.41, 5.74) is 3.48. The standard InChI is InChI=1S/C22H17N3O3S/c26-21(13-23-22(27)15-10-11-20-18(12-15)24-14-29-20)25-17-8-4-5-9-19(17)28-16-6-2-1-3-7-16/h1-12,14H,13H2,(H,23,27)(H,25,26). The van der Waals surface area contributed by atoms with Crippen LogP contribution in [-0.4, -0.2) is 23.3 Å². The Bertz CT molecular complexity index is 1160. The summed E-state index contributed by atoms with van der Waals surface area (Å²) in [5.74, 6) is 0.508. The number of fused-ring (bicyclic) bond motifs is 1. The van der Waals surface area contributed by atoms with Gasteiger partial charge in [-0.1, -0.05) is 30.3 Å². The van der Waals surface area contributed by atoms with Crippen molar-refractivity contribution in [1.29, 1.82) is 0 Å². The van der Waals surface area contributed by atoms with Crippen LogP contribution in [0.1, 0.15) is 10.4 Å². The van der Waals surface area contributed by atoms with Crippen LogP contribution in [0.4, 0.5) is 5.69 Å². The Hall–Kier alpha value is -3.71. The van der Waals surface area contributed by atoms with Crippen molar-refractivity contribution in [3.63, 3.8) is 0 Å². The van der Waals surface area contributed by atoms with Crippen LogP contribution in [-0.2, 0) is 4.79 Å². The van der Waals surface area contributed by atoms with Crippen LogP contribution in [0, 0.1) is 0 Å². The molecule has 4 rings (SSSR count). The van der Waals surface area contributed by atoms with Crippen LogP contribution < -0.4 is 15.4 Å². The van der Waals surface area contributed by atoms with E-state index in [0.29, 0.717) is 22.7 Å². The van der Waals surface area contributed by atoms with Crippen LogP contribution in [0.2, 0.25) is 0 Å². The fourth-order valence-corrected chi connectivity index (χ4v) is 3.39. The van der Waals surface area contributed by atoms with Crippen molar-refractivity contribution in [2.75, 3.05) is 11.9 Å². The maximum Gasteiger partial charge on any atom is 0.251 e. The van der Waals surface area contributed by atoms with Gasteiger partial charge < -0.3 is 15.4 Å². The van der Waals surface area contributed by atoms with Gasteiger partial charge >= 0.3 is 0 Å². The molecule has 0 bridgehead atoms. The Balaban J connectivity index is 1.38. The lowest BCUT2D eigenvalue weighted by Crippen LogP contribution is -2.32. The van der Waals surface area contributed by atoms with Gasteiger partial charge in [0.2, 0.25) is 5.91 Å². The molecule has 0 spiro atoms. The number of carbonyl (C=O) groups excluding carboxylic acids is 2. The molecule has 1 heterocycles. The summed E-state index contributed by atoms with van der Waals surface area (Å²) < 4.78 is 6.84. The predicted octanol–water partition coefficient (Wildman–Crippen LogP) is 4.46. The van der Waals surface area contributed by atoms with Crippen LogP contribution >= 0.6 is 11.3 Å². The third kappa shape index (κ3) is 4.59. The van der Waals surface area contributed by atoms with Crippen LogP contribution in [0.25, 0.3) is 10.2 Å². The minimum absolute atomic E-state index is 0.159. The van der Waals surface area contributed by atoms with E-state index < -0.39 is 0 Å². The van der Waals surface area contributed by atoms with Gasteiger partial charge in [-0.05, 0) is 42.5 Å². The molecule has 0 radical (unpaired) electrons. The number of carbonyl (C=O) groups is 2. The van der Waals surface area contributed by atoms with Gasteiger partial charge in [0, 0.05) is 5.56 Å². The number of amides is 2. The molecule has 0 saturated heterocycles. The molecule has 29 heavy (non-hydrogen) atoms. The molecule has 4 aromatic rings. The zero-order chi connectivity index (χ0) is 20.1. The quantitative estimate of drug-likeness (QED) is 0.498. The molecule has 2 N–H and O–H groups in total. The fourth-order valence-electron chi connectivity index (χ4n) is 2.73. The number of para-hydroxylation sites is 3. The number of thiazole rings is 1. The minimum Gasteiger partial charge on any atom is -0.455 e. The predicted molar refractivity (Wildman–Crippen MR) is 114 cm³/mol. The molecule has 144 valence electrons. The summed E-state index contributed by atoms with van der Waals surface area (Å²) in [4.78, 5) is 28.9. The third-order valence-electron chi connectivity index (χ3n) is 4.13. The lowest BCUT2D eigenvalue weighted by molar-refractivity contribution is -0.115. The lowest BCUT2D eigenvalue weighted by Gasteiger charge is -2.12. The number of nitrogens with zero attached hydrogens (tertiary/aromatic N) is 1. The summed E-state index contributed by atoms with van der Waals surface area (Å²) in [6.07, 6.45) is 0. The first kappa shape index (κ1) is 18.6.